The van der Waals surface area contributed by atoms with Gasteiger partial charge >= 0.3 is 0 Å². The lowest BCUT2D eigenvalue weighted by atomic mass is 10.2. The van der Waals surface area contributed by atoms with Crippen molar-refractivity contribution >= 4 is 0 Å². The molecule has 1 N–H and O–H groups in total. The van der Waals surface area contributed by atoms with E-state index in [0.29, 0.717) is 12.3 Å². The Morgan fingerprint density at radius 3 is 2.88 bits per heavy atom. The Labute approximate surface area is 153 Å². The quantitative estimate of drug-likeness (QED) is 0.762. The van der Waals surface area contributed by atoms with E-state index < -0.39 is 6.10 Å². The lowest BCUT2D eigenvalue weighted by Crippen LogP contribution is -2.22. The van der Waals surface area contributed by atoms with Gasteiger partial charge in [-0.3, -0.25) is 9.58 Å². The number of aromatic nitrogens is 3. The molecule has 1 aliphatic heterocycles. The first-order chi connectivity index (χ1) is 12.7. The number of nitrogens with zero attached hydrogens (tertiary/aromatic N) is 4. The van der Waals surface area contributed by atoms with E-state index in [1.807, 2.05) is 48.0 Å². The van der Waals surface area contributed by atoms with Crippen LogP contribution in [0.25, 0.3) is 11.5 Å². The standard InChI is InChI=1S/C20H24N4O2/c1-2-19(25)18-11-17-13-23(9-6-10-24(17)22-18)12-16-14-26-20(21-16)15-7-4-3-5-8-15/h3-5,7-8,11,14,19,25H,2,6,9-10,12-13H2,1H3/t19-/m0/s1. The summed E-state index contributed by atoms with van der Waals surface area (Å²) in [7, 11) is 0. The fourth-order valence-electron chi connectivity index (χ4n) is 3.38. The van der Waals surface area contributed by atoms with Gasteiger partial charge in [-0.1, -0.05) is 25.1 Å². The number of aryl methyl sites for hydroxylation is 1. The molecule has 3 heterocycles. The topological polar surface area (TPSA) is 67.3 Å². The first kappa shape index (κ1) is 17.0. The minimum atomic E-state index is -0.480. The number of rotatable bonds is 5. The van der Waals surface area contributed by atoms with Gasteiger partial charge in [0.15, 0.2) is 0 Å². The van der Waals surface area contributed by atoms with Crippen molar-refractivity contribution in [1.82, 2.24) is 19.7 Å². The van der Waals surface area contributed by atoms with Crippen LogP contribution in [0.3, 0.4) is 0 Å². The van der Waals surface area contributed by atoms with Crippen molar-refractivity contribution in [2.45, 2.75) is 45.5 Å². The zero-order valence-electron chi connectivity index (χ0n) is 15.0. The van der Waals surface area contributed by atoms with Crippen LogP contribution in [0.1, 0.15) is 43.0 Å². The Bertz CT molecular complexity index is 856. The summed E-state index contributed by atoms with van der Waals surface area (Å²) in [6.45, 7) is 5.39. The van der Waals surface area contributed by atoms with Gasteiger partial charge in [-0.2, -0.15) is 5.10 Å². The number of aliphatic hydroxyl groups is 1. The van der Waals surface area contributed by atoms with Crippen LogP contribution in [0.4, 0.5) is 0 Å². The molecular formula is C20H24N4O2. The van der Waals surface area contributed by atoms with Crippen molar-refractivity contribution in [2.75, 3.05) is 6.54 Å². The average Bonchev–Trinajstić information content (AvgIpc) is 3.25. The van der Waals surface area contributed by atoms with Crippen LogP contribution in [-0.4, -0.2) is 31.3 Å². The van der Waals surface area contributed by atoms with Crippen molar-refractivity contribution in [1.29, 1.82) is 0 Å². The fourth-order valence-corrected chi connectivity index (χ4v) is 3.38. The second-order valence-corrected chi connectivity index (χ2v) is 6.78. The highest BCUT2D eigenvalue weighted by Crippen LogP contribution is 2.22. The van der Waals surface area contributed by atoms with Gasteiger partial charge in [-0.15, -0.1) is 0 Å². The molecule has 0 aliphatic carbocycles. The monoisotopic (exact) mass is 352 g/mol. The second kappa shape index (κ2) is 7.43. The number of benzene rings is 1. The maximum absolute atomic E-state index is 10.0. The Kier molecular flexibility index (Phi) is 4.86. The molecule has 3 aromatic rings. The van der Waals surface area contributed by atoms with Crippen LogP contribution in [0.15, 0.2) is 47.1 Å². The minimum absolute atomic E-state index is 0.480. The van der Waals surface area contributed by atoms with Crippen molar-refractivity contribution < 1.29 is 9.52 Å². The summed E-state index contributed by atoms with van der Waals surface area (Å²) in [5, 5.41) is 14.6. The molecule has 0 radical (unpaired) electrons. The lowest BCUT2D eigenvalue weighted by molar-refractivity contribution is 0.167. The second-order valence-electron chi connectivity index (χ2n) is 6.78. The SMILES string of the molecule is CC[C@H](O)c1cc2n(n1)CCCN(Cc1coc(-c3ccccc3)n1)C2. The van der Waals surface area contributed by atoms with E-state index in [-0.39, 0.29) is 0 Å². The largest absolute Gasteiger partial charge is 0.444 e. The van der Waals surface area contributed by atoms with Crippen LogP contribution in [-0.2, 0) is 19.6 Å². The molecule has 1 atom stereocenters. The van der Waals surface area contributed by atoms with Gasteiger partial charge in [0, 0.05) is 31.7 Å². The smallest absolute Gasteiger partial charge is 0.226 e. The van der Waals surface area contributed by atoms with Crippen LogP contribution in [0.5, 0.6) is 0 Å². The Hall–Kier alpha value is -2.44. The fraction of sp³-hybridized carbons (Fsp3) is 0.400. The first-order valence-corrected chi connectivity index (χ1v) is 9.20. The molecule has 0 spiro atoms. The molecule has 1 aliphatic rings. The third-order valence-electron chi connectivity index (χ3n) is 4.80. The van der Waals surface area contributed by atoms with Gasteiger partial charge in [0.1, 0.15) is 6.26 Å². The molecular weight excluding hydrogens is 328 g/mol. The van der Waals surface area contributed by atoms with Crippen molar-refractivity contribution in [3.05, 3.63) is 59.7 Å². The molecule has 0 fully saturated rings. The minimum Gasteiger partial charge on any atom is -0.444 e. The van der Waals surface area contributed by atoms with Crippen LogP contribution in [0, 0.1) is 0 Å². The average molecular weight is 352 g/mol. The molecule has 6 nitrogen and oxygen atoms in total. The molecule has 6 heteroatoms. The Morgan fingerprint density at radius 1 is 1.23 bits per heavy atom. The summed E-state index contributed by atoms with van der Waals surface area (Å²) in [6, 6.07) is 12.0. The summed E-state index contributed by atoms with van der Waals surface area (Å²) in [5.41, 5.74) is 3.85. The summed E-state index contributed by atoms with van der Waals surface area (Å²) in [5.74, 6) is 0.661. The van der Waals surface area contributed by atoms with Crippen molar-refractivity contribution in [2.24, 2.45) is 0 Å². The van der Waals surface area contributed by atoms with Gasteiger partial charge in [-0.25, -0.2) is 4.98 Å². The van der Waals surface area contributed by atoms with Crippen LogP contribution < -0.4 is 0 Å². The summed E-state index contributed by atoms with van der Waals surface area (Å²) in [6.07, 6.45) is 2.98. The number of hydrogen-bond acceptors (Lipinski definition) is 5. The Morgan fingerprint density at radius 2 is 2.08 bits per heavy atom. The molecule has 0 unspecified atom stereocenters. The van der Waals surface area contributed by atoms with Crippen molar-refractivity contribution in [3.63, 3.8) is 0 Å². The predicted molar refractivity (Wildman–Crippen MR) is 98.1 cm³/mol. The van der Waals surface area contributed by atoms with E-state index in [4.69, 9.17) is 4.42 Å². The summed E-state index contributed by atoms with van der Waals surface area (Å²) >= 11 is 0. The van der Waals surface area contributed by atoms with E-state index in [1.165, 1.54) is 0 Å². The van der Waals surface area contributed by atoms with Crippen molar-refractivity contribution in [3.8, 4) is 11.5 Å². The van der Waals surface area contributed by atoms with Gasteiger partial charge in [-0.05, 0) is 31.0 Å². The van der Waals surface area contributed by atoms with E-state index >= 15 is 0 Å². The van der Waals surface area contributed by atoms with E-state index in [9.17, 15) is 5.11 Å². The maximum Gasteiger partial charge on any atom is 0.226 e. The van der Waals surface area contributed by atoms with Gasteiger partial charge in [0.2, 0.25) is 5.89 Å². The van der Waals surface area contributed by atoms with Crippen LogP contribution in [0.2, 0.25) is 0 Å². The van der Waals surface area contributed by atoms with E-state index in [2.05, 4.69) is 15.0 Å². The van der Waals surface area contributed by atoms with Crippen LogP contribution >= 0.6 is 0 Å². The zero-order valence-corrected chi connectivity index (χ0v) is 15.0. The van der Waals surface area contributed by atoms with Gasteiger partial charge in [0.05, 0.1) is 23.2 Å². The predicted octanol–water partition coefficient (Wildman–Crippen LogP) is 3.39. The lowest BCUT2D eigenvalue weighted by Gasteiger charge is -2.17. The molecule has 2 aromatic heterocycles. The maximum atomic E-state index is 10.0. The number of oxazole rings is 1. The van der Waals surface area contributed by atoms with E-state index in [1.54, 1.807) is 6.26 Å². The molecule has 1 aromatic carbocycles. The highest BCUT2D eigenvalue weighted by atomic mass is 16.3. The highest BCUT2D eigenvalue weighted by Gasteiger charge is 2.20. The number of aliphatic hydroxyl groups excluding tert-OH is 1. The van der Waals surface area contributed by atoms with E-state index in [0.717, 1.165) is 55.2 Å². The molecule has 26 heavy (non-hydrogen) atoms. The third kappa shape index (κ3) is 3.57. The third-order valence-corrected chi connectivity index (χ3v) is 4.80. The molecule has 0 saturated carbocycles. The summed E-state index contributed by atoms with van der Waals surface area (Å²) < 4.78 is 7.69. The number of fused-ring (bicyclic) bond motifs is 1. The molecule has 136 valence electrons. The van der Waals surface area contributed by atoms with Gasteiger partial charge < -0.3 is 9.52 Å². The highest BCUT2D eigenvalue weighted by molar-refractivity contribution is 5.52. The zero-order chi connectivity index (χ0) is 17.9. The summed E-state index contributed by atoms with van der Waals surface area (Å²) in [4.78, 5) is 6.99. The normalized spacial score (nSPS) is 16.2. The molecule has 0 bridgehead atoms. The van der Waals surface area contributed by atoms with Gasteiger partial charge in [0.25, 0.3) is 0 Å². The molecule has 4 rings (SSSR count). The molecule has 0 amide bonds. The molecule has 0 saturated heterocycles. The Balaban J connectivity index is 1.47. The first-order valence-electron chi connectivity index (χ1n) is 9.20. The number of hydrogen-bond donors (Lipinski definition) is 1.